The van der Waals surface area contributed by atoms with Crippen LogP contribution in [0.1, 0.15) is 33.6 Å². The van der Waals surface area contributed by atoms with Gasteiger partial charge in [0, 0.05) is 17.0 Å². The summed E-state index contributed by atoms with van der Waals surface area (Å²) in [5.74, 6) is 0. The number of nitrogens with two attached hydrogens (primary N) is 1. The summed E-state index contributed by atoms with van der Waals surface area (Å²) in [7, 11) is 0. The molecule has 0 fully saturated rings. The summed E-state index contributed by atoms with van der Waals surface area (Å²) in [5.41, 5.74) is 5.57. The molecule has 0 saturated heterocycles. The number of rotatable bonds is 5. The van der Waals surface area contributed by atoms with Crippen molar-refractivity contribution < 1.29 is 0 Å². The third-order valence-corrected chi connectivity index (χ3v) is 3.43. The van der Waals surface area contributed by atoms with Crippen molar-refractivity contribution in [3.8, 4) is 0 Å². The minimum atomic E-state index is 0.676. The molecule has 0 heterocycles. The van der Waals surface area contributed by atoms with Crippen molar-refractivity contribution in [2.24, 2.45) is 5.73 Å². The van der Waals surface area contributed by atoms with Crippen molar-refractivity contribution in [2.75, 3.05) is 6.54 Å². The summed E-state index contributed by atoms with van der Waals surface area (Å²) >= 11 is 2.02. The van der Waals surface area contributed by atoms with Gasteiger partial charge in [0.15, 0.2) is 0 Å². The van der Waals surface area contributed by atoms with Crippen LogP contribution in [0.2, 0.25) is 0 Å². The fraction of sp³-hybridized carbons (Fsp3) is 1.00. The van der Waals surface area contributed by atoms with E-state index in [0.717, 1.165) is 11.8 Å². The SMILES string of the molecule is CCC(C)SC(CC)CN. The zero-order chi connectivity index (χ0) is 7.98. The van der Waals surface area contributed by atoms with Crippen LogP contribution in [0.15, 0.2) is 0 Å². The van der Waals surface area contributed by atoms with Crippen LogP contribution in [0.5, 0.6) is 0 Å². The highest BCUT2D eigenvalue weighted by molar-refractivity contribution is 8.00. The Bertz CT molecular complexity index is 71.7. The van der Waals surface area contributed by atoms with Gasteiger partial charge in [-0.05, 0) is 12.8 Å². The summed E-state index contributed by atoms with van der Waals surface area (Å²) < 4.78 is 0. The Kier molecular flexibility index (Phi) is 6.24. The van der Waals surface area contributed by atoms with Gasteiger partial charge in [-0.25, -0.2) is 0 Å². The van der Waals surface area contributed by atoms with E-state index in [0.29, 0.717) is 5.25 Å². The number of hydrogen-bond acceptors (Lipinski definition) is 2. The predicted octanol–water partition coefficient (Wildman–Crippen LogP) is 2.26. The molecule has 0 spiro atoms. The van der Waals surface area contributed by atoms with E-state index in [1.54, 1.807) is 0 Å². The number of thioether (sulfide) groups is 1. The van der Waals surface area contributed by atoms with E-state index in [2.05, 4.69) is 20.8 Å². The van der Waals surface area contributed by atoms with Crippen molar-refractivity contribution in [3.05, 3.63) is 0 Å². The van der Waals surface area contributed by atoms with Gasteiger partial charge in [0.2, 0.25) is 0 Å². The Labute approximate surface area is 68.8 Å². The molecule has 2 atom stereocenters. The van der Waals surface area contributed by atoms with Gasteiger partial charge >= 0.3 is 0 Å². The molecule has 0 rings (SSSR count). The largest absolute Gasteiger partial charge is 0.329 e. The van der Waals surface area contributed by atoms with Crippen LogP contribution in [-0.4, -0.2) is 17.0 Å². The van der Waals surface area contributed by atoms with Gasteiger partial charge in [0.1, 0.15) is 0 Å². The molecule has 0 aromatic rings. The first-order valence-electron chi connectivity index (χ1n) is 4.10. The third-order valence-electron chi connectivity index (χ3n) is 1.72. The summed E-state index contributed by atoms with van der Waals surface area (Å²) in [6.45, 7) is 7.52. The van der Waals surface area contributed by atoms with E-state index < -0.39 is 0 Å². The third kappa shape index (κ3) is 4.18. The molecule has 2 N–H and O–H groups in total. The lowest BCUT2D eigenvalue weighted by Gasteiger charge is -2.15. The monoisotopic (exact) mass is 161 g/mol. The molecule has 2 unspecified atom stereocenters. The highest BCUT2D eigenvalue weighted by Crippen LogP contribution is 2.21. The quantitative estimate of drug-likeness (QED) is 0.669. The van der Waals surface area contributed by atoms with Gasteiger partial charge in [0.05, 0.1) is 0 Å². The predicted molar refractivity (Wildman–Crippen MR) is 50.5 cm³/mol. The van der Waals surface area contributed by atoms with Crippen LogP contribution < -0.4 is 5.73 Å². The molecule has 0 radical (unpaired) electrons. The highest BCUT2D eigenvalue weighted by Gasteiger charge is 2.07. The molecule has 2 heteroatoms. The Hall–Kier alpha value is 0.310. The molecule has 62 valence electrons. The van der Waals surface area contributed by atoms with E-state index in [1.807, 2.05) is 11.8 Å². The van der Waals surface area contributed by atoms with Gasteiger partial charge in [-0.15, -0.1) is 0 Å². The first kappa shape index (κ1) is 10.3. The van der Waals surface area contributed by atoms with Crippen LogP contribution in [0.4, 0.5) is 0 Å². The summed E-state index contributed by atoms with van der Waals surface area (Å²) in [5, 5.41) is 1.45. The van der Waals surface area contributed by atoms with Crippen LogP contribution in [0.3, 0.4) is 0 Å². The van der Waals surface area contributed by atoms with Crippen molar-refractivity contribution in [1.82, 2.24) is 0 Å². The molecular formula is C8H19NS. The van der Waals surface area contributed by atoms with Crippen LogP contribution in [0, 0.1) is 0 Å². The standard InChI is InChI=1S/C8H19NS/c1-4-7(3)10-8(5-2)6-9/h7-8H,4-6,9H2,1-3H3. The molecular weight excluding hydrogens is 142 g/mol. The second-order valence-electron chi connectivity index (χ2n) is 2.62. The molecule has 10 heavy (non-hydrogen) atoms. The van der Waals surface area contributed by atoms with Crippen LogP contribution >= 0.6 is 11.8 Å². The average molecular weight is 161 g/mol. The smallest absolute Gasteiger partial charge is 0.0170 e. The summed E-state index contributed by atoms with van der Waals surface area (Å²) in [4.78, 5) is 0. The van der Waals surface area contributed by atoms with Crippen LogP contribution in [0.25, 0.3) is 0 Å². The number of hydrogen-bond donors (Lipinski definition) is 1. The Morgan fingerprint density at radius 1 is 1.30 bits per heavy atom. The second-order valence-corrected chi connectivity index (χ2v) is 4.36. The minimum absolute atomic E-state index is 0.676. The van der Waals surface area contributed by atoms with E-state index in [9.17, 15) is 0 Å². The lowest BCUT2D eigenvalue weighted by atomic mass is 10.3. The molecule has 0 aliphatic heterocycles. The first-order valence-corrected chi connectivity index (χ1v) is 5.04. The highest BCUT2D eigenvalue weighted by atomic mass is 32.2. The molecule has 0 saturated carbocycles. The van der Waals surface area contributed by atoms with Crippen LogP contribution in [-0.2, 0) is 0 Å². The summed E-state index contributed by atoms with van der Waals surface area (Å²) in [6, 6.07) is 0. The van der Waals surface area contributed by atoms with Crippen molar-refractivity contribution >= 4 is 11.8 Å². The normalized spacial score (nSPS) is 16.8. The minimum Gasteiger partial charge on any atom is -0.329 e. The maximum atomic E-state index is 5.57. The Morgan fingerprint density at radius 2 is 1.90 bits per heavy atom. The zero-order valence-corrected chi connectivity index (χ0v) is 8.08. The molecule has 0 aromatic heterocycles. The first-order chi connectivity index (χ1) is 4.74. The molecule has 0 bridgehead atoms. The second kappa shape index (κ2) is 6.05. The van der Waals surface area contributed by atoms with Gasteiger partial charge < -0.3 is 5.73 Å². The van der Waals surface area contributed by atoms with Gasteiger partial charge in [-0.3, -0.25) is 0 Å². The van der Waals surface area contributed by atoms with Crippen molar-refractivity contribution in [2.45, 2.75) is 44.1 Å². The van der Waals surface area contributed by atoms with Gasteiger partial charge in [0.25, 0.3) is 0 Å². The fourth-order valence-electron chi connectivity index (χ4n) is 0.743. The maximum absolute atomic E-state index is 5.57. The molecule has 0 aromatic carbocycles. The lowest BCUT2D eigenvalue weighted by molar-refractivity contribution is 0.808. The van der Waals surface area contributed by atoms with E-state index >= 15 is 0 Å². The van der Waals surface area contributed by atoms with Gasteiger partial charge in [-0.2, -0.15) is 11.8 Å². The average Bonchev–Trinajstić information content (AvgIpc) is 1.99. The van der Waals surface area contributed by atoms with E-state index in [1.165, 1.54) is 12.8 Å². The van der Waals surface area contributed by atoms with Gasteiger partial charge in [-0.1, -0.05) is 20.8 Å². The maximum Gasteiger partial charge on any atom is 0.0170 e. The molecule has 0 aliphatic rings. The molecule has 0 aliphatic carbocycles. The summed E-state index contributed by atoms with van der Waals surface area (Å²) in [6.07, 6.45) is 2.45. The topological polar surface area (TPSA) is 26.0 Å². The Balaban J connectivity index is 3.41. The van der Waals surface area contributed by atoms with E-state index in [-0.39, 0.29) is 0 Å². The van der Waals surface area contributed by atoms with Crippen molar-refractivity contribution in [1.29, 1.82) is 0 Å². The molecule has 1 nitrogen and oxygen atoms in total. The molecule has 0 amide bonds. The lowest BCUT2D eigenvalue weighted by Crippen LogP contribution is -2.18. The van der Waals surface area contributed by atoms with E-state index in [4.69, 9.17) is 5.73 Å². The zero-order valence-electron chi connectivity index (χ0n) is 7.26. The fourth-order valence-corrected chi connectivity index (χ4v) is 1.90. The Morgan fingerprint density at radius 3 is 2.20 bits per heavy atom. The van der Waals surface area contributed by atoms with Crippen molar-refractivity contribution in [3.63, 3.8) is 0 Å².